The Labute approximate surface area is 151 Å². The Kier molecular flexibility index (Phi) is 7.25. The summed E-state index contributed by atoms with van der Waals surface area (Å²) in [6.07, 6.45) is -0.168. The van der Waals surface area contributed by atoms with E-state index in [4.69, 9.17) is 10.5 Å². The van der Waals surface area contributed by atoms with Crippen LogP contribution < -0.4 is 16.4 Å². The van der Waals surface area contributed by atoms with Crippen LogP contribution in [0.1, 0.15) is 22.3 Å². The molecule has 138 valence electrons. The Bertz CT molecular complexity index is 729. The number of benzene rings is 2. The van der Waals surface area contributed by atoms with Gasteiger partial charge in [-0.15, -0.1) is 0 Å². The quantitative estimate of drug-likeness (QED) is 0.672. The summed E-state index contributed by atoms with van der Waals surface area (Å²) in [4.78, 5) is 24.0. The lowest BCUT2D eigenvalue weighted by Gasteiger charge is -2.12. The zero-order valence-corrected chi connectivity index (χ0v) is 14.5. The van der Waals surface area contributed by atoms with Crippen molar-refractivity contribution < 1.29 is 18.7 Å². The minimum absolute atomic E-state index is 0.160. The van der Waals surface area contributed by atoms with Crippen molar-refractivity contribution in [2.24, 2.45) is 5.73 Å². The molecule has 26 heavy (non-hydrogen) atoms. The van der Waals surface area contributed by atoms with Crippen LogP contribution in [0.15, 0.2) is 48.5 Å². The fourth-order valence-corrected chi connectivity index (χ4v) is 2.27. The number of ether oxygens (including phenoxy) is 1. The molecule has 7 heteroatoms. The highest BCUT2D eigenvalue weighted by Crippen LogP contribution is 2.11. The molecule has 0 spiro atoms. The number of carbonyl (C=O) groups is 2. The maximum atomic E-state index is 12.9. The Hall–Kier alpha value is -2.77. The number of nitrogens with one attached hydrogen (secondary N) is 2. The summed E-state index contributed by atoms with van der Waals surface area (Å²) in [5, 5.41) is 5.49. The average Bonchev–Trinajstić information content (AvgIpc) is 2.66. The number of hydrogen-bond donors (Lipinski definition) is 3. The molecule has 0 aliphatic carbocycles. The fraction of sp³-hybridized carbons (Fsp3) is 0.263. The lowest BCUT2D eigenvalue weighted by molar-refractivity contribution is -0.118. The lowest BCUT2D eigenvalue weighted by Crippen LogP contribution is -2.28. The molecule has 1 atom stereocenters. The molecule has 0 bridgehead atoms. The number of anilines is 1. The van der Waals surface area contributed by atoms with E-state index in [1.165, 1.54) is 19.2 Å². The molecule has 0 fully saturated rings. The van der Waals surface area contributed by atoms with Gasteiger partial charge in [-0.1, -0.05) is 12.1 Å². The second-order valence-corrected chi connectivity index (χ2v) is 5.73. The lowest BCUT2D eigenvalue weighted by atomic mass is 10.1. The van der Waals surface area contributed by atoms with Crippen molar-refractivity contribution in [3.05, 3.63) is 65.5 Å². The first-order chi connectivity index (χ1) is 12.5. The molecule has 0 saturated carbocycles. The second kappa shape index (κ2) is 9.65. The predicted molar refractivity (Wildman–Crippen MR) is 97.1 cm³/mol. The van der Waals surface area contributed by atoms with Crippen LogP contribution in [0.4, 0.5) is 10.1 Å². The first kappa shape index (κ1) is 19.6. The molecule has 4 N–H and O–H groups in total. The molecular formula is C19H22FN3O3. The molecule has 0 aliphatic heterocycles. The van der Waals surface area contributed by atoms with E-state index in [1.807, 2.05) is 0 Å². The van der Waals surface area contributed by atoms with Crippen molar-refractivity contribution in [2.45, 2.75) is 19.1 Å². The van der Waals surface area contributed by atoms with E-state index < -0.39 is 0 Å². The van der Waals surface area contributed by atoms with Crippen LogP contribution in [-0.2, 0) is 16.1 Å². The van der Waals surface area contributed by atoms with Gasteiger partial charge in [0.05, 0.1) is 12.5 Å². The molecule has 0 heterocycles. The molecule has 0 aromatic heterocycles. The zero-order valence-electron chi connectivity index (χ0n) is 14.5. The minimum atomic E-state index is -0.327. The zero-order chi connectivity index (χ0) is 18.9. The number of carbonyl (C=O) groups excluding carboxylic acids is 2. The predicted octanol–water partition coefficient (Wildman–Crippen LogP) is 2.06. The van der Waals surface area contributed by atoms with Gasteiger partial charge in [0.25, 0.3) is 5.91 Å². The molecule has 1 unspecified atom stereocenters. The van der Waals surface area contributed by atoms with Crippen molar-refractivity contribution >= 4 is 17.5 Å². The summed E-state index contributed by atoms with van der Waals surface area (Å²) in [7, 11) is 1.50. The highest BCUT2D eigenvalue weighted by molar-refractivity contribution is 5.95. The molecule has 2 aromatic carbocycles. The van der Waals surface area contributed by atoms with E-state index in [0.29, 0.717) is 17.8 Å². The molecule has 2 rings (SSSR count). The van der Waals surface area contributed by atoms with Crippen LogP contribution in [-0.4, -0.2) is 31.6 Å². The summed E-state index contributed by atoms with van der Waals surface area (Å²) >= 11 is 0. The summed E-state index contributed by atoms with van der Waals surface area (Å²) in [6, 6.07) is 12.4. The van der Waals surface area contributed by atoms with Gasteiger partial charge in [-0.25, -0.2) is 4.39 Å². The van der Waals surface area contributed by atoms with Gasteiger partial charge >= 0.3 is 0 Å². The van der Waals surface area contributed by atoms with Gasteiger partial charge in [-0.3, -0.25) is 9.59 Å². The van der Waals surface area contributed by atoms with E-state index in [-0.39, 0.29) is 36.7 Å². The van der Waals surface area contributed by atoms with Gasteiger partial charge in [0, 0.05) is 31.5 Å². The van der Waals surface area contributed by atoms with Gasteiger partial charge in [0.2, 0.25) is 5.91 Å². The molecule has 6 nitrogen and oxygen atoms in total. The van der Waals surface area contributed by atoms with Crippen molar-refractivity contribution in [3.8, 4) is 0 Å². The standard InChI is InChI=1S/C19H22FN3O3/c1-26-17(11-21)10-18(24)23-16-8-4-14(5-9-16)19(25)22-12-13-2-6-15(20)7-3-13/h2-9,17H,10-12,21H2,1H3,(H,22,25)(H,23,24). The SMILES string of the molecule is COC(CN)CC(=O)Nc1ccc(C(=O)NCc2ccc(F)cc2)cc1. The topological polar surface area (TPSA) is 93.4 Å². The third-order valence-corrected chi connectivity index (χ3v) is 3.81. The van der Waals surface area contributed by atoms with Gasteiger partial charge in [0.1, 0.15) is 5.82 Å². The van der Waals surface area contributed by atoms with Gasteiger partial charge < -0.3 is 21.1 Å². The maximum Gasteiger partial charge on any atom is 0.251 e. The van der Waals surface area contributed by atoms with Crippen molar-refractivity contribution in [2.75, 3.05) is 19.0 Å². The largest absolute Gasteiger partial charge is 0.380 e. The van der Waals surface area contributed by atoms with E-state index in [2.05, 4.69) is 10.6 Å². The van der Waals surface area contributed by atoms with Gasteiger partial charge in [-0.05, 0) is 42.0 Å². The first-order valence-corrected chi connectivity index (χ1v) is 8.17. The molecule has 2 aromatic rings. The average molecular weight is 359 g/mol. The normalized spacial score (nSPS) is 11.7. The number of nitrogens with two attached hydrogens (primary N) is 1. The number of hydrogen-bond acceptors (Lipinski definition) is 4. The summed E-state index contributed by atoms with van der Waals surface area (Å²) in [5.41, 5.74) is 7.33. The minimum Gasteiger partial charge on any atom is -0.380 e. The number of rotatable bonds is 8. The Morgan fingerprint density at radius 2 is 1.77 bits per heavy atom. The Balaban J connectivity index is 1.86. The number of amides is 2. The van der Waals surface area contributed by atoms with Crippen molar-refractivity contribution in [3.63, 3.8) is 0 Å². The third kappa shape index (κ3) is 5.94. The van der Waals surface area contributed by atoms with Crippen LogP contribution in [0.2, 0.25) is 0 Å². The molecule has 0 saturated heterocycles. The van der Waals surface area contributed by atoms with Crippen molar-refractivity contribution in [1.29, 1.82) is 0 Å². The van der Waals surface area contributed by atoms with Gasteiger partial charge in [-0.2, -0.15) is 0 Å². The second-order valence-electron chi connectivity index (χ2n) is 5.73. The van der Waals surface area contributed by atoms with E-state index in [0.717, 1.165) is 5.56 Å². The van der Waals surface area contributed by atoms with E-state index in [9.17, 15) is 14.0 Å². The van der Waals surface area contributed by atoms with Crippen LogP contribution in [0.5, 0.6) is 0 Å². The van der Waals surface area contributed by atoms with Gasteiger partial charge in [0.15, 0.2) is 0 Å². The van der Waals surface area contributed by atoms with Crippen LogP contribution >= 0.6 is 0 Å². The van der Waals surface area contributed by atoms with E-state index in [1.54, 1.807) is 36.4 Å². The molecular weight excluding hydrogens is 337 g/mol. The first-order valence-electron chi connectivity index (χ1n) is 8.17. The van der Waals surface area contributed by atoms with E-state index >= 15 is 0 Å². The van der Waals surface area contributed by atoms with Crippen molar-refractivity contribution in [1.82, 2.24) is 5.32 Å². The number of halogens is 1. The Morgan fingerprint density at radius 3 is 2.35 bits per heavy atom. The molecule has 0 aliphatic rings. The maximum absolute atomic E-state index is 12.9. The fourth-order valence-electron chi connectivity index (χ4n) is 2.27. The Morgan fingerprint density at radius 1 is 1.12 bits per heavy atom. The summed E-state index contributed by atoms with van der Waals surface area (Å²) in [6.45, 7) is 0.562. The van der Waals surface area contributed by atoms with Crippen LogP contribution in [0.25, 0.3) is 0 Å². The summed E-state index contributed by atoms with van der Waals surface area (Å²) in [5.74, 6) is -0.786. The molecule has 0 radical (unpaired) electrons. The molecule has 2 amide bonds. The smallest absolute Gasteiger partial charge is 0.251 e. The monoisotopic (exact) mass is 359 g/mol. The highest BCUT2D eigenvalue weighted by atomic mass is 19.1. The highest BCUT2D eigenvalue weighted by Gasteiger charge is 2.12. The van der Waals surface area contributed by atoms with Crippen LogP contribution in [0.3, 0.4) is 0 Å². The number of methoxy groups -OCH3 is 1. The third-order valence-electron chi connectivity index (χ3n) is 3.81. The van der Waals surface area contributed by atoms with Crippen LogP contribution in [0, 0.1) is 5.82 Å². The summed E-state index contributed by atoms with van der Waals surface area (Å²) < 4.78 is 17.9.